The molecule has 4 unspecified atom stereocenters. The number of methoxy groups -OCH3 is 1. The molecule has 0 spiro atoms. The molecule has 94 valence electrons. The van der Waals surface area contributed by atoms with Crippen molar-refractivity contribution in [2.75, 3.05) is 7.11 Å². The molecule has 3 N–H and O–H groups in total. The summed E-state index contributed by atoms with van der Waals surface area (Å²) < 4.78 is 4.90. The minimum Gasteiger partial charge on any atom is -0.443 e. The zero-order chi connectivity index (χ0) is 12.0. The second-order valence-corrected chi connectivity index (χ2v) is 4.65. The summed E-state index contributed by atoms with van der Waals surface area (Å²) in [5, 5.41) is 17.5. The van der Waals surface area contributed by atoms with Crippen LogP contribution in [-0.4, -0.2) is 29.7 Å². The van der Waals surface area contributed by atoms with Gasteiger partial charge in [-0.2, -0.15) is 0 Å². The normalized spacial score (nSPS) is 32.4. The van der Waals surface area contributed by atoms with Gasteiger partial charge in [-0.15, -0.1) is 0 Å². The van der Waals surface area contributed by atoms with Gasteiger partial charge < -0.3 is 14.9 Å². The molecule has 0 aromatic carbocycles. The van der Waals surface area contributed by atoms with Gasteiger partial charge in [0.15, 0.2) is 12.4 Å². The van der Waals surface area contributed by atoms with Crippen molar-refractivity contribution in [3.8, 4) is 0 Å². The first-order valence-corrected chi connectivity index (χ1v) is 6.26. The zero-order valence-electron chi connectivity index (χ0n) is 10.4. The van der Waals surface area contributed by atoms with E-state index in [0.717, 1.165) is 25.7 Å². The van der Waals surface area contributed by atoms with E-state index in [2.05, 4.69) is 19.1 Å². The van der Waals surface area contributed by atoms with Crippen molar-refractivity contribution in [1.29, 1.82) is 0 Å². The lowest BCUT2D eigenvalue weighted by atomic mass is 9.88. The molecule has 0 saturated heterocycles. The second-order valence-electron chi connectivity index (χ2n) is 4.65. The Morgan fingerprint density at radius 1 is 1.44 bits per heavy atom. The summed E-state index contributed by atoms with van der Waals surface area (Å²) in [6, 6.07) is 0. The molecule has 16 heavy (non-hydrogen) atoms. The van der Waals surface area contributed by atoms with Crippen molar-refractivity contribution in [2.24, 2.45) is 11.8 Å². The van der Waals surface area contributed by atoms with Crippen LogP contribution in [0.4, 0.5) is 0 Å². The monoisotopic (exact) mass is 229 g/mol. The second kappa shape index (κ2) is 7.05. The Bertz CT molecular complexity index is 215. The van der Waals surface area contributed by atoms with E-state index in [4.69, 9.17) is 9.84 Å². The molecule has 4 atom stereocenters. The first kappa shape index (κ1) is 13.7. The Balaban J connectivity index is 2.45. The van der Waals surface area contributed by atoms with Crippen molar-refractivity contribution in [1.82, 2.24) is 0 Å². The van der Waals surface area contributed by atoms with Gasteiger partial charge in [0.2, 0.25) is 0 Å². The molecule has 0 aliphatic heterocycles. The van der Waals surface area contributed by atoms with E-state index in [1.165, 1.54) is 7.11 Å². The SMILES string of the molecule is CC/C=C/CC1C([OH2+])CCC1CC(O)OC. The number of rotatable bonds is 6. The predicted molar refractivity (Wildman–Crippen MR) is 65.3 cm³/mol. The summed E-state index contributed by atoms with van der Waals surface area (Å²) in [6.07, 6.45) is 8.45. The van der Waals surface area contributed by atoms with Crippen molar-refractivity contribution in [3.63, 3.8) is 0 Å². The fourth-order valence-corrected chi connectivity index (χ4v) is 2.57. The highest BCUT2D eigenvalue weighted by molar-refractivity contribution is 4.92. The summed E-state index contributed by atoms with van der Waals surface area (Å²) in [4.78, 5) is 0. The maximum absolute atomic E-state index is 9.49. The lowest BCUT2D eigenvalue weighted by molar-refractivity contribution is -0.0912. The van der Waals surface area contributed by atoms with E-state index in [0.29, 0.717) is 18.3 Å². The molecule has 1 rings (SSSR count). The minimum atomic E-state index is -0.659. The number of hydrogen-bond acceptors (Lipinski definition) is 2. The van der Waals surface area contributed by atoms with Crippen LogP contribution in [0.25, 0.3) is 0 Å². The molecule has 3 heteroatoms. The highest BCUT2D eigenvalue weighted by atomic mass is 16.6. The van der Waals surface area contributed by atoms with Crippen LogP contribution in [0.15, 0.2) is 12.2 Å². The molecule has 1 aliphatic carbocycles. The number of aliphatic hydroxyl groups excluding tert-OH is 1. The van der Waals surface area contributed by atoms with Gasteiger partial charge in [-0.05, 0) is 25.2 Å². The van der Waals surface area contributed by atoms with Crippen LogP contribution in [-0.2, 0) is 4.74 Å². The molecular formula is C13H25O3+. The molecular weight excluding hydrogens is 204 g/mol. The highest BCUT2D eigenvalue weighted by Crippen LogP contribution is 2.37. The maximum atomic E-state index is 9.49. The average molecular weight is 229 g/mol. The molecule has 0 bridgehead atoms. The molecule has 1 aliphatic rings. The third-order valence-corrected chi connectivity index (χ3v) is 3.56. The van der Waals surface area contributed by atoms with Gasteiger partial charge >= 0.3 is 0 Å². The summed E-state index contributed by atoms with van der Waals surface area (Å²) >= 11 is 0. The lowest BCUT2D eigenvalue weighted by Crippen LogP contribution is -2.23. The van der Waals surface area contributed by atoms with Gasteiger partial charge in [0.25, 0.3) is 0 Å². The first-order valence-electron chi connectivity index (χ1n) is 6.26. The van der Waals surface area contributed by atoms with E-state index in [1.807, 2.05) is 0 Å². The largest absolute Gasteiger partial charge is 0.443 e. The van der Waals surface area contributed by atoms with Crippen LogP contribution < -0.4 is 0 Å². The average Bonchev–Trinajstić information content (AvgIpc) is 2.61. The van der Waals surface area contributed by atoms with Gasteiger partial charge in [0.1, 0.15) is 0 Å². The van der Waals surface area contributed by atoms with Crippen LogP contribution in [0.1, 0.15) is 39.0 Å². The lowest BCUT2D eigenvalue weighted by Gasteiger charge is -2.20. The third kappa shape index (κ3) is 3.89. The van der Waals surface area contributed by atoms with Gasteiger partial charge in [0, 0.05) is 25.9 Å². The predicted octanol–water partition coefficient (Wildman–Crippen LogP) is 1.82. The number of aliphatic hydroxyl groups is 1. The Labute approximate surface area is 98.1 Å². The molecule has 0 heterocycles. The molecule has 0 aromatic rings. The first-order chi connectivity index (χ1) is 7.69. The maximum Gasteiger partial charge on any atom is 0.157 e. The van der Waals surface area contributed by atoms with Crippen LogP contribution in [0.3, 0.4) is 0 Å². The van der Waals surface area contributed by atoms with Crippen molar-refractivity contribution < 1.29 is 14.9 Å². The zero-order valence-corrected chi connectivity index (χ0v) is 10.4. The smallest absolute Gasteiger partial charge is 0.157 e. The van der Waals surface area contributed by atoms with Crippen molar-refractivity contribution in [3.05, 3.63) is 12.2 Å². The van der Waals surface area contributed by atoms with Crippen molar-refractivity contribution >= 4 is 0 Å². The number of allylic oxidation sites excluding steroid dienone is 2. The van der Waals surface area contributed by atoms with E-state index in [1.54, 1.807) is 0 Å². The molecule has 0 amide bonds. The Hall–Kier alpha value is -0.380. The minimum absolute atomic E-state index is 0.0376. The fraction of sp³-hybridized carbons (Fsp3) is 0.846. The Kier molecular flexibility index (Phi) is 6.03. The molecule has 3 nitrogen and oxygen atoms in total. The molecule has 1 saturated carbocycles. The summed E-state index contributed by atoms with van der Waals surface area (Å²) in [7, 11) is 1.53. The summed E-state index contributed by atoms with van der Waals surface area (Å²) in [5.74, 6) is 0.839. The van der Waals surface area contributed by atoms with Gasteiger partial charge in [0.05, 0.1) is 0 Å². The van der Waals surface area contributed by atoms with Crippen LogP contribution in [0.5, 0.6) is 0 Å². The van der Waals surface area contributed by atoms with Crippen LogP contribution >= 0.6 is 0 Å². The van der Waals surface area contributed by atoms with E-state index < -0.39 is 6.29 Å². The quantitative estimate of drug-likeness (QED) is 0.429. The van der Waals surface area contributed by atoms with E-state index >= 15 is 0 Å². The Morgan fingerprint density at radius 2 is 2.19 bits per heavy atom. The summed E-state index contributed by atoms with van der Waals surface area (Å²) in [5.41, 5.74) is 0. The van der Waals surface area contributed by atoms with E-state index in [9.17, 15) is 5.11 Å². The number of ether oxygens (including phenoxy) is 1. The topological polar surface area (TPSA) is 52.4 Å². The molecule has 0 aromatic heterocycles. The highest BCUT2D eigenvalue weighted by Gasteiger charge is 2.38. The fourth-order valence-electron chi connectivity index (χ4n) is 2.57. The van der Waals surface area contributed by atoms with Crippen molar-refractivity contribution in [2.45, 2.75) is 51.4 Å². The van der Waals surface area contributed by atoms with E-state index in [-0.39, 0.29) is 6.10 Å². The molecule has 1 fully saturated rings. The Morgan fingerprint density at radius 3 is 2.81 bits per heavy atom. The standard InChI is InChI=1S/C13H24O3/c1-3-4-5-6-11-10(7-8-12(11)14)9-13(15)16-2/h4-5,10-15H,3,6-9H2,1-2H3/p+1/b5-4+. The molecule has 0 radical (unpaired) electrons. The van der Waals surface area contributed by atoms with Crippen LogP contribution in [0.2, 0.25) is 0 Å². The van der Waals surface area contributed by atoms with Crippen LogP contribution in [0, 0.1) is 11.8 Å². The number of hydrogen-bond donors (Lipinski definition) is 1. The summed E-state index contributed by atoms with van der Waals surface area (Å²) in [6.45, 7) is 2.12. The third-order valence-electron chi connectivity index (χ3n) is 3.56. The van der Waals surface area contributed by atoms with Gasteiger partial charge in [-0.1, -0.05) is 19.1 Å². The van der Waals surface area contributed by atoms with Gasteiger partial charge in [-0.25, -0.2) is 0 Å². The van der Waals surface area contributed by atoms with Gasteiger partial charge in [-0.3, -0.25) is 0 Å².